The Labute approximate surface area is 93.8 Å². The first kappa shape index (κ1) is 10.9. The van der Waals surface area contributed by atoms with Crippen LogP contribution in [0.3, 0.4) is 0 Å². The Morgan fingerprint density at radius 3 is 2.93 bits per heavy atom. The molecule has 1 aromatic carbocycles. The molecule has 2 rings (SSSR count). The molecule has 1 saturated heterocycles. The minimum Gasteiger partial charge on any atom is -0.326 e. The molecule has 0 bridgehead atoms. The number of hydrogen-bond donors (Lipinski definition) is 1. The van der Waals surface area contributed by atoms with Gasteiger partial charge in [-0.3, -0.25) is 4.90 Å². The first-order valence-corrected chi connectivity index (χ1v) is 5.45. The molecule has 2 N–H and O–H groups in total. The average Bonchev–Trinajstić information content (AvgIpc) is 2.58. The van der Waals surface area contributed by atoms with E-state index in [2.05, 4.69) is 4.90 Å². The Kier molecular flexibility index (Phi) is 3.24. The smallest absolute Gasteiger partial charge is 0.129 e. The molecule has 0 aliphatic carbocycles. The summed E-state index contributed by atoms with van der Waals surface area (Å²) < 4.78 is 13.5. The van der Waals surface area contributed by atoms with Crippen molar-refractivity contribution in [3.63, 3.8) is 0 Å². The Hall–Kier alpha value is -0.640. The maximum absolute atomic E-state index is 13.5. The molecule has 0 saturated carbocycles. The lowest BCUT2D eigenvalue weighted by atomic mass is 10.2. The zero-order valence-corrected chi connectivity index (χ0v) is 9.17. The number of halogens is 2. The molecule has 0 unspecified atom stereocenters. The molecule has 4 heteroatoms. The SMILES string of the molecule is N[C@@H]1CCN(Cc2c(F)cccc2Cl)C1. The molecule has 1 aromatic rings. The van der Waals surface area contributed by atoms with Gasteiger partial charge in [0.15, 0.2) is 0 Å². The third kappa shape index (κ3) is 2.48. The average molecular weight is 229 g/mol. The van der Waals surface area contributed by atoms with Crippen LogP contribution in [0.1, 0.15) is 12.0 Å². The summed E-state index contributed by atoms with van der Waals surface area (Å²) in [6.07, 6.45) is 0.978. The van der Waals surface area contributed by atoms with Crippen LogP contribution in [0.15, 0.2) is 18.2 Å². The Bertz CT molecular complexity index is 336. The lowest BCUT2D eigenvalue weighted by Gasteiger charge is -2.16. The number of rotatable bonds is 2. The van der Waals surface area contributed by atoms with Gasteiger partial charge in [0.2, 0.25) is 0 Å². The van der Waals surface area contributed by atoms with Crippen molar-refractivity contribution in [2.45, 2.75) is 19.0 Å². The fraction of sp³-hybridized carbons (Fsp3) is 0.455. The summed E-state index contributed by atoms with van der Waals surface area (Å²) in [4.78, 5) is 2.13. The molecule has 82 valence electrons. The summed E-state index contributed by atoms with van der Waals surface area (Å²) in [6, 6.07) is 5.00. The molecule has 1 aliphatic heterocycles. The molecule has 1 fully saturated rings. The highest BCUT2D eigenvalue weighted by Gasteiger charge is 2.20. The normalized spacial score (nSPS) is 22.2. The highest BCUT2D eigenvalue weighted by Crippen LogP contribution is 2.22. The van der Waals surface area contributed by atoms with Crippen molar-refractivity contribution in [3.8, 4) is 0 Å². The van der Waals surface area contributed by atoms with E-state index >= 15 is 0 Å². The predicted octanol–water partition coefficient (Wildman–Crippen LogP) is 2.01. The number of nitrogens with zero attached hydrogens (tertiary/aromatic N) is 1. The van der Waals surface area contributed by atoms with Crippen LogP contribution in [0.4, 0.5) is 4.39 Å². The molecule has 0 spiro atoms. The Balaban J connectivity index is 2.10. The molecule has 0 radical (unpaired) electrons. The van der Waals surface area contributed by atoms with Gasteiger partial charge in [0.25, 0.3) is 0 Å². The topological polar surface area (TPSA) is 29.3 Å². The molecule has 15 heavy (non-hydrogen) atoms. The molecule has 0 aromatic heterocycles. The summed E-state index contributed by atoms with van der Waals surface area (Å²) in [5.74, 6) is -0.233. The Morgan fingerprint density at radius 2 is 2.33 bits per heavy atom. The molecule has 2 nitrogen and oxygen atoms in total. The molecular formula is C11H14ClFN2. The van der Waals surface area contributed by atoms with E-state index in [0.29, 0.717) is 17.1 Å². The summed E-state index contributed by atoms with van der Waals surface area (Å²) in [5, 5.41) is 0.496. The zero-order valence-electron chi connectivity index (χ0n) is 8.42. The fourth-order valence-electron chi connectivity index (χ4n) is 1.91. The Morgan fingerprint density at radius 1 is 1.53 bits per heavy atom. The highest BCUT2D eigenvalue weighted by molar-refractivity contribution is 6.31. The number of benzene rings is 1. The standard InChI is InChI=1S/C11H14ClFN2/c12-10-2-1-3-11(13)9(10)7-15-5-4-8(14)6-15/h1-3,8H,4-7,14H2/t8-/m1/s1. The van der Waals surface area contributed by atoms with Crippen LogP contribution in [-0.4, -0.2) is 24.0 Å². The minimum absolute atomic E-state index is 0.218. The second kappa shape index (κ2) is 4.47. The molecule has 1 atom stereocenters. The van der Waals surface area contributed by atoms with Crippen LogP contribution < -0.4 is 5.73 Å². The predicted molar refractivity (Wildman–Crippen MR) is 59.3 cm³/mol. The van der Waals surface area contributed by atoms with E-state index in [0.717, 1.165) is 19.5 Å². The molecular weight excluding hydrogens is 215 g/mol. The van der Waals surface area contributed by atoms with Gasteiger partial charge in [-0.1, -0.05) is 17.7 Å². The molecule has 1 aliphatic rings. The van der Waals surface area contributed by atoms with Crippen LogP contribution in [0.5, 0.6) is 0 Å². The van der Waals surface area contributed by atoms with Crippen LogP contribution in [-0.2, 0) is 6.54 Å². The molecule has 0 amide bonds. The van der Waals surface area contributed by atoms with Crippen molar-refractivity contribution in [3.05, 3.63) is 34.6 Å². The van der Waals surface area contributed by atoms with Crippen LogP contribution in [0.2, 0.25) is 5.02 Å². The van der Waals surface area contributed by atoms with Gasteiger partial charge < -0.3 is 5.73 Å². The van der Waals surface area contributed by atoms with Gasteiger partial charge in [-0.25, -0.2) is 4.39 Å². The van der Waals surface area contributed by atoms with E-state index in [1.165, 1.54) is 6.07 Å². The first-order valence-electron chi connectivity index (χ1n) is 5.07. The van der Waals surface area contributed by atoms with Crippen molar-refractivity contribution in [2.24, 2.45) is 5.73 Å². The third-order valence-corrected chi connectivity index (χ3v) is 3.11. The second-order valence-corrected chi connectivity index (χ2v) is 4.39. The van der Waals surface area contributed by atoms with Gasteiger partial charge >= 0.3 is 0 Å². The molecule has 1 heterocycles. The van der Waals surface area contributed by atoms with Gasteiger partial charge in [-0.15, -0.1) is 0 Å². The quantitative estimate of drug-likeness (QED) is 0.839. The zero-order chi connectivity index (χ0) is 10.8. The van der Waals surface area contributed by atoms with Crippen LogP contribution in [0.25, 0.3) is 0 Å². The lowest BCUT2D eigenvalue weighted by molar-refractivity contribution is 0.321. The van der Waals surface area contributed by atoms with E-state index < -0.39 is 0 Å². The third-order valence-electron chi connectivity index (χ3n) is 2.75. The van der Waals surface area contributed by atoms with Crippen molar-refractivity contribution in [1.29, 1.82) is 0 Å². The van der Waals surface area contributed by atoms with Crippen molar-refractivity contribution < 1.29 is 4.39 Å². The van der Waals surface area contributed by atoms with Gasteiger partial charge in [-0.05, 0) is 18.6 Å². The van der Waals surface area contributed by atoms with Crippen LogP contribution >= 0.6 is 11.6 Å². The summed E-state index contributed by atoms with van der Waals surface area (Å²) in [5.41, 5.74) is 6.36. The van der Waals surface area contributed by atoms with Crippen molar-refractivity contribution in [1.82, 2.24) is 4.90 Å². The monoisotopic (exact) mass is 228 g/mol. The number of hydrogen-bond acceptors (Lipinski definition) is 2. The minimum atomic E-state index is -0.233. The maximum atomic E-state index is 13.5. The maximum Gasteiger partial charge on any atom is 0.129 e. The lowest BCUT2D eigenvalue weighted by Crippen LogP contribution is -2.26. The van der Waals surface area contributed by atoms with Crippen molar-refractivity contribution in [2.75, 3.05) is 13.1 Å². The van der Waals surface area contributed by atoms with E-state index in [4.69, 9.17) is 17.3 Å². The van der Waals surface area contributed by atoms with Gasteiger partial charge in [0.1, 0.15) is 5.82 Å². The van der Waals surface area contributed by atoms with E-state index in [1.54, 1.807) is 12.1 Å². The number of nitrogens with two attached hydrogens (primary N) is 1. The number of likely N-dealkylation sites (tertiary alicyclic amines) is 1. The summed E-state index contributed by atoms with van der Waals surface area (Å²) in [6.45, 7) is 2.30. The first-order chi connectivity index (χ1) is 7.16. The summed E-state index contributed by atoms with van der Waals surface area (Å²) in [7, 11) is 0. The highest BCUT2D eigenvalue weighted by atomic mass is 35.5. The van der Waals surface area contributed by atoms with E-state index in [1.807, 2.05) is 0 Å². The fourth-order valence-corrected chi connectivity index (χ4v) is 2.14. The summed E-state index contributed by atoms with van der Waals surface area (Å²) >= 11 is 5.95. The van der Waals surface area contributed by atoms with Gasteiger partial charge in [0.05, 0.1) is 0 Å². The van der Waals surface area contributed by atoms with Gasteiger partial charge in [0, 0.05) is 36.3 Å². The second-order valence-electron chi connectivity index (χ2n) is 3.98. The van der Waals surface area contributed by atoms with E-state index in [9.17, 15) is 4.39 Å². The van der Waals surface area contributed by atoms with Crippen molar-refractivity contribution >= 4 is 11.6 Å². The van der Waals surface area contributed by atoms with E-state index in [-0.39, 0.29) is 11.9 Å². The van der Waals surface area contributed by atoms with Crippen LogP contribution in [0, 0.1) is 5.82 Å². The van der Waals surface area contributed by atoms with Gasteiger partial charge in [-0.2, -0.15) is 0 Å². The largest absolute Gasteiger partial charge is 0.326 e.